The van der Waals surface area contributed by atoms with Gasteiger partial charge >= 0.3 is 0 Å². The number of hydrogen-bond donors (Lipinski definition) is 3. The quantitative estimate of drug-likeness (QED) is 0.754. The van der Waals surface area contributed by atoms with Crippen LogP contribution in [0, 0.1) is 0 Å². The van der Waals surface area contributed by atoms with Crippen LogP contribution in [0.4, 0.5) is 5.69 Å². The molecule has 0 bridgehead atoms. The van der Waals surface area contributed by atoms with Gasteiger partial charge in [0.25, 0.3) is 0 Å². The Balaban J connectivity index is 1.55. The van der Waals surface area contributed by atoms with Crippen molar-refractivity contribution in [3.63, 3.8) is 0 Å². The molecule has 1 aliphatic heterocycles. The Morgan fingerprint density at radius 2 is 1.95 bits per heavy atom. The zero-order chi connectivity index (χ0) is 13.2. The molecule has 1 aromatic rings. The van der Waals surface area contributed by atoms with E-state index in [4.69, 9.17) is 0 Å². The minimum Gasteiger partial charge on any atom is -0.393 e. The number of rotatable bonds is 2. The van der Waals surface area contributed by atoms with Crippen molar-refractivity contribution in [3.8, 4) is 0 Å². The summed E-state index contributed by atoms with van der Waals surface area (Å²) in [7, 11) is 0. The van der Waals surface area contributed by atoms with Crippen molar-refractivity contribution in [1.29, 1.82) is 0 Å². The average molecular weight is 260 g/mol. The maximum absolute atomic E-state index is 12.2. The Morgan fingerprint density at radius 1 is 1.21 bits per heavy atom. The maximum atomic E-state index is 12.2. The third-order valence-corrected chi connectivity index (χ3v) is 4.13. The second-order valence-corrected chi connectivity index (χ2v) is 5.57. The van der Waals surface area contributed by atoms with Gasteiger partial charge in [-0.25, -0.2) is 0 Å². The van der Waals surface area contributed by atoms with E-state index in [1.54, 1.807) is 0 Å². The van der Waals surface area contributed by atoms with Crippen LogP contribution in [0.5, 0.6) is 0 Å². The lowest BCUT2D eigenvalue weighted by Crippen LogP contribution is -2.45. The molecule has 1 atom stereocenters. The molecule has 2 aliphatic rings. The van der Waals surface area contributed by atoms with Crippen LogP contribution in [0.2, 0.25) is 0 Å². The van der Waals surface area contributed by atoms with E-state index in [1.165, 1.54) is 5.56 Å². The molecular formula is C15H20N2O2. The van der Waals surface area contributed by atoms with Gasteiger partial charge in [0.15, 0.2) is 0 Å². The molecule has 3 N–H and O–H groups in total. The lowest BCUT2D eigenvalue weighted by atomic mass is 9.93. The highest BCUT2D eigenvalue weighted by atomic mass is 16.3. The summed E-state index contributed by atoms with van der Waals surface area (Å²) >= 11 is 0. The number of carbonyl (C=O) groups is 1. The van der Waals surface area contributed by atoms with Crippen molar-refractivity contribution in [1.82, 2.24) is 5.32 Å². The number of fused-ring (bicyclic) bond motifs is 1. The summed E-state index contributed by atoms with van der Waals surface area (Å²) in [5, 5.41) is 15.8. The molecule has 1 aliphatic carbocycles. The highest BCUT2D eigenvalue weighted by molar-refractivity contribution is 5.87. The number of anilines is 1. The van der Waals surface area contributed by atoms with E-state index in [2.05, 4.69) is 16.7 Å². The second kappa shape index (κ2) is 5.21. The van der Waals surface area contributed by atoms with Crippen molar-refractivity contribution in [2.45, 2.75) is 50.3 Å². The minimum atomic E-state index is -0.179. The maximum Gasteiger partial charge on any atom is 0.243 e. The standard InChI is InChI=1S/C15H20N2O2/c18-12-7-5-11(6-8-12)16-15(19)14-9-10-3-1-2-4-13(10)17-14/h1-4,11-12,14,17-18H,5-9H2,(H,16,19)/t11?,12?,14-/m0/s1. The summed E-state index contributed by atoms with van der Waals surface area (Å²) in [5.74, 6) is 0.0811. The molecule has 3 rings (SSSR count). The lowest BCUT2D eigenvalue weighted by Gasteiger charge is -2.27. The van der Waals surface area contributed by atoms with Crippen molar-refractivity contribution in [2.24, 2.45) is 0 Å². The molecule has 1 fully saturated rings. The first-order valence-corrected chi connectivity index (χ1v) is 7.05. The number of hydrogen-bond acceptors (Lipinski definition) is 3. The first kappa shape index (κ1) is 12.5. The third-order valence-electron chi connectivity index (χ3n) is 4.13. The van der Waals surface area contributed by atoms with Gasteiger partial charge < -0.3 is 15.7 Å². The fourth-order valence-electron chi connectivity index (χ4n) is 2.98. The zero-order valence-corrected chi connectivity index (χ0v) is 10.9. The van der Waals surface area contributed by atoms with E-state index in [0.29, 0.717) is 0 Å². The molecule has 0 radical (unpaired) electrons. The van der Waals surface area contributed by atoms with E-state index in [0.717, 1.165) is 37.8 Å². The summed E-state index contributed by atoms with van der Waals surface area (Å²) in [6.07, 6.45) is 3.94. The number of amides is 1. The molecule has 0 saturated heterocycles. The topological polar surface area (TPSA) is 61.4 Å². The van der Waals surface area contributed by atoms with Gasteiger partial charge in [0.1, 0.15) is 6.04 Å². The number of aliphatic hydroxyl groups is 1. The van der Waals surface area contributed by atoms with Crippen molar-refractivity contribution in [2.75, 3.05) is 5.32 Å². The Labute approximate surface area is 113 Å². The average Bonchev–Trinajstić information content (AvgIpc) is 2.85. The van der Waals surface area contributed by atoms with Crippen LogP contribution in [-0.2, 0) is 11.2 Å². The smallest absolute Gasteiger partial charge is 0.243 e. The Kier molecular flexibility index (Phi) is 3.42. The summed E-state index contributed by atoms with van der Waals surface area (Å²) in [6.45, 7) is 0. The normalized spacial score (nSPS) is 29.4. The zero-order valence-electron chi connectivity index (χ0n) is 10.9. The summed E-state index contributed by atoms with van der Waals surface area (Å²) in [4.78, 5) is 12.2. The summed E-state index contributed by atoms with van der Waals surface area (Å²) < 4.78 is 0. The van der Waals surface area contributed by atoms with Crippen molar-refractivity contribution < 1.29 is 9.90 Å². The lowest BCUT2D eigenvalue weighted by molar-refractivity contribution is -0.122. The van der Waals surface area contributed by atoms with Crippen LogP contribution in [0.25, 0.3) is 0 Å². The number of aliphatic hydroxyl groups excluding tert-OH is 1. The van der Waals surface area contributed by atoms with E-state index >= 15 is 0 Å². The minimum absolute atomic E-state index is 0.0811. The molecule has 102 valence electrons. The summed E-state index contributed by atoms with van der Waals surface area (Å²) in [6, 6.07) is 8.13. The van der Waals surface area contributed by atoms with Crippen LogP contribution < -0.4 is 10.6 Å². The van der Waals surface area contributed by atoms with Crippen LogP contribution >= 0.6 is 0 Å². The van der Waals surface area contributed by atoms with Gasteiger partial charge in [-0.15, -0.1) is 0 Å². The Bertz CT molecular complexity index is 442. The van der Waals surface area contributed by atoms with Crippen molar-refractivity contribution >= 4 is 11.6 Å². The molecule has 1 aromatic carbocycles. The van der Waals surface area contributed by atoms with Crippen LogP contribution in [0.3, 0.4) is 0 Å². The molecule has 4 nitrogen and oxygen atoms in total. The van der Waals surface area contributed by atoms with Crippen molar-refractivity contribution in [3.05, 3.63) is 29.8 Å². The van der Waals surface area contributed by atoms with E-state index in [1.807, 2.05) is 18.2 Å². The second-order valence-electron chi connectivity index (χ2n) is 5.57. The molecular weight excluding hydrogens is 240 g/mol. The van der Waals surface area contributed by atoms with E-state index in [-0.39, 0.29) is 24.1 Å². The van der Waals surface area contributed by atoms with Crippen LogP contribution in [-0.4, -0.2) is 29.2 Å². The molecule has 1 heterocycles. The van der Waals surface area contributed by atoms with Gasteiger partial charge in [0.05, 0.1) is 6.10 Å². The Hall–Kier alpha value is -1.55. The monoisotopic (exact) mass is 260 g/mol. The number of carbonyl (C=O) groups excluding carboxylic acids is 1. The first-order chi connectivity index (χ1) is 9.22. The molecule has 1 saturated carbocycles. The SMILES string of the molecule is O=C(NC1CCC(O)CC1)[C@@H]1Cc2ccccc2N1. The van der Waals surface area contributed by atoms with E-state index in [9.17, 15) is 9.90 Å². The predicted octanol–water partition coefficient (Wildman–Crippen LogP) is 1.44. The third kappa shape index (κ3) is 2.73. The molecule has 0 aromatic heterocycles. The predicted molar refractivity (Wildman–Crippen MR) is 74.0 cm³/mol. The molecule has 0 unspecified atom stereocenters. The molecule has 4 heteroatoms. The van der Waals surface area contributed by atoms with Gasteiger partial charge in [-0.1, -0.05) is 18.2 Å². The fourth-order valence-corrected chi connectivity index (χ4v) is 2.98. The molecule has 19 heavy (non-hydrogen) atoms. The number of benzene rings is 1. The van der Waals surface area contributed by atoms with E-state index < -0.39 is 0 Å². The van der Waals surface area contributed by atoms with Gasteiger partial charge in [0, 0.05) is 18.2 Å². The largest absolute Gasteiger partial charge is 0.393 e. The van der Waals surface area contributed by atoms with Gasteiger partial charge in [0.2, 0.25) is 5.91 Å². The Morgan fingerprint density at radius 3 is 2.68 bits per heavy atom. The van der Waals surface area contributed by atoms with Crippen LogP contribution in [0.1, 0.15) is 31.2 Å². The first-order valence-electron chi connectivity index (χ1n) is 7.05. The van der Waals surface area contributed by atoms with Crippen LogP contribution in [0.15, 0.2) is 24.3 Å². The molecule has 1 amide bonds. The highest BCUT2D eigenvalue weighted by Gasteiger charge is 2.28. The number of para-hydroxylation sites is 1. The highest BCUT2D eigenvalue weighted by Crippen LogP contribution is 2.25. The summed E-state index contributed by atoms with van der Waals surface area (Å²) in [5.41, 5.74) is 2.28. The van der Waals surface area contributed by atoms with Gasteiger partial charge in [-0.2, -0.15) is 0 Å². The van der Waals surface area contributed by atoms with Gasteiger partial charge in [-0.3, -0.25) is 4.79 Å². The van der Waals surface area contributed by atoms with Gasteiger partial charge in [-0.05, 0) is 37.3 Å². The molecule has 0 spiro atoms. The number of nitrogens with one attached hydrogen (secondary N) is 2. The fraction of sp³-hybridized carbons (Fsp3) is 0.533.